The maximum absolute atomic E-state index is 6.64. The van der Waals surface area contributed by atoms with Gasteiger partial charge in [0.1, 0.15) is 17.2 Å². The molecule has 3 atom stereocenters. The van der Waals surface area contributed by atoms with Gasteiger partial charge in [0.25, 0.3) is 0 Å². The quantitative estimate of drug-likeness (QED) is 0.291. The summed E-state index contributed by atoms with van der Waals surface area (Å²) in [5, 5.41) is 4.30. The van der Waals surface area contributed by atoms with Crippen molar-refractivity contribution in [2.75, 3.05) is 6.61 Å². The van der Waals surface area contributed by atoms with E-state index in [1.54, 1.807) is 0 Å². The first kappa shape index (κ1) is 22.1. The SMILES string of the molecule is Cc1cccc2c1oc1c3c(ccc12)CCOC(C)CC(C)ON1C=CC(c2ccccc2)=CC31. The molecule has 6 rings (SSSR count). The Morgan fingerprint density at radius 2 is 1.69 bits per heavy atom. The van der Waals surface area contributed by atoms with Crippen molar-refractivity contribution < 1.29 is 14.0 Å². The van der Waals surface area contributed by atoms with Crippen molar-refractivity contribution in [1.82, 2.24) is 5.06 Å². The zero-order chi connectivity index (χ0) is 23.9. The molecule has 0 spiro atoms. The number of para-hydroxylation sites is 1. The summed E-state index contributed by atoms with van der Waals surface area (Å²) < 4.78 is 12.8. The molecule has 2 aliphatic heterocycles. The van der Waals surface area contributed by atoms with Crippen LogP contribution in [0.5, 0.6) is 0 Å². The van der Waals surface area contributed by atoms with Crippen LogP contribution in [0, 0.1) is 6.92 Å². The van der Waals surface area contributed by atoms with Gasteiger partial charge in [0, 0.05) is 29.0 Å². The standard InChI is InChI=1S/C31H31NO3/c1-20-8-7-11-26-27-13-12-24-15-17-33-21(2)18-22(3)35-32-16-14-25(23-9-5-4-6-10-23)19-28(32)29(24)31(27)34-30(20)26/h4-14,16,19,21-22,28H,15,17-18H2,1-3H3. The molecule has 3 aromatic carbocycles. The molecule has 0 fully saturated rings. The maximum Gasteiger partial charge on any atom is 0.141 e. The Morgan fingerprint density at radius 3 is 2.54 bits per heavy atom. The minimum atomic E-state index is -0.120. The molecule has 0 radical (unpaired) electrons. The van der Waals surface area contributed by atoms with Crippen LogP contribution in [0.1, 0.15) is 48.6 Å². The number of benzene rings is 3. The van der Waals surface area contributed by atoms with Crippen molar-refractivity contribution in [1.29, 1.82) is 0 Å². The summed E-state index contributed by atoms with van der Waals surface area (Å²) in [4.78, 5) is 6.52. The number of furan rings is 1. The largest absolute Gasteiger partial charge is 0.455 e. The molecule has 1 aromatic heterocycles. The van der Waals surface area contributed by atoms with E-state index in [0.29, 0.717) is 6.61 Å². The summed E-state index contributed by atoms with van der Waals surface area (Å²) in [6.07, 6.45) is 8.33. The minimum absolute atomic E-state index is 0.0162. The summed E-state index contributed by atoms with van der Waals surface area (Å²) >= 11 is 0. The fraction of sp³-hybridized carbons (Fsp3) is 0.290. The highest BCUT2D eigenvalue weighted by molar-refractivity contribution is 6.07. The fourth-order valence-corrected chi connectivity index (χ4v) is 5.44. The van der Waals surface area contributed by atoms with E-state index in [-0.39, 0.29) is 18.2 Å². The van der Waals surface area contributed by atoms with Gasteiger partial charge in [-0.15, -0.1) is 0 Å². The van der Waals surface area contributed by atoms with E-state index in [9.17, 15) is 0 Å². The number of hydrogen-bond donors (Lipinski definition) is 0. The third-order valence-electron chi connectivity index (χ3n) is 7.15. The number of ether oxygens (including phenoxy) is 1. The van der Waals surface area contributed by atoms with Crippen molar-refractivity contribution in [2.24, 2.45) is 0 Å². The Morgan fingerprint density at radius 1 is 0.857 bits per heavy atom. The van der Waals surface area contributed by atoms with Crippen molar-refractivity contribution in [3.63, 3.8) is 0 Å². The van der Waals surface area contributed by atoms with Gasteiger partial charge in [0.2, 0.25) is 0 Å². The lowest BCUT2D eigenvalue weighted by Crippen LogP contribution is -2.30. The van der Waals surface area contributed by atoms with Crippen molar-refractivity contribution in [3.05, 3.63) is 101 Å². The van der Waals surface area contributed by atoms with Gasteiger partial charge < -0.3 is 9.15 Å². The van der Waals surface area contributed by atoms with Gasteiger partial charge in [-0.3, -0.25) is 4.84 Å². The molecule has 4 aromatic rings. The zero-order valence-corrected chi connectivity index (χ0v) is 20.5. The van der Waals surface area contributed by atoms with Crippen LogP contribution in [0.25, 0.3) is 27.5 Å². The third kappa shape index (κ3) is 4.07. The summed E-state index contributed by atoms with van der Waals surface area (Å²) in [5.74, 6) is 0. The third-order valence-corrected chi connectivity index (χ3v) is 7.15. The molecule has 3 unspecified atom stereocenters. The second-order valence-electron chi connectivity index (χ2n) is 9.76. The van der Waals surface area contributed by atoms with Crippen molar-refractivity contribution in [3.8, 4) is 0 Å². The second kappa shape index (κ2) is 9.03. The van der Waals surface area contributed by atoms with E-state index in [0.717, 1.165) is 45.9 Å². The first-order valence-corrected chi connectivity index (χ1v) is 12.5. The predicted octanol–water partition coefficient (Wildman–Crippen LogP) is 7.52. The number of hydroxylamine groups is 2. The number of hydrogen-bond acceptors (Lipinski definition) is 4. The molecule has 4 heteroatoms. The van der Waals surface area contributed by atoms with E-state index >= 15 is 0 Å². The minimum Gasteiger partial charge on any atom is -0.455 e. The lowest BCUT2D eigenvalue weighted by atomic mass is 9.91. The monoisotopic (exact) mass is 465 g/mol. The van der Waals surface area contributed by atoms with E-state index in [1.807, 2.05) is 5.06 Å². The molecule has 178 valence electrons. The summed E-state index contributed by atoms with van der Waals surface area (Å²) in [7, 11) is 0. The Balaban J connectivity index is 1.59. The molecular formula is C31H31NO3. The van der Waals surface area contributed by atoms with Crippen LogP contribution in [0.3, 0.4) is 0 Å². The Labute approximate surface area is 206 Å². The summed E-state index contributed by atoms with van der Waals surface area (Å²) in [5.41, 5.74) is 7.79. The van der Waals surface area contributed by atoms with Crippen LogP contribution in [-0.4, -0.2) is 23.9 Å². The van der Waals surface area contributed by atoms with Crippen LogP contribution in [0.4, 0.5) is 0 Å². The average Bonchev–Trinajstić information content (AvgIpc) is 3.24. The molecule has 0 amide bonds. The van der Waals surface area contributed by atoms with Crippen molar-refractivity contribution in [2.45, 2.75) is 51.9 Å². The number of aryl methyl sites for hydroxylation is 1. The Kier molecular flexibility index (Phi) is 5.71. The average molecular weight is 466 g/mol. The maximum atomic E-state index is 6.64. The first-order valence-electron chi connectivity index (χ1n) is 12.5. The van der Waals surface area contributed by atoms with Crippen LogP contribution in [0.2, 0.25) is 0 Å². The van der Waals surface area contributed by atoms with Gasteiger partial charge >= 0.3 is 0 Å². The molecule has 4 nitrogen and oxygen atoms in total. The molecule has 35 heavy (non-hydrogen) atoms. The van der Waals surface area contributed by atoms with Gasteiger partial charge in [-0.05, 0) is 61.6 Å². The number of nitrogens with zero attached hydrogens (tertiary/aromatic N) is 1. The number of allylic oxidation sites excluding steroid dienone is 2. The van der Waals surface area contributed by atoms with Gasteiger partial charge in [-0.1, -0.05) is 60.7 Å². The highest BCUT2D eigenvalue weighted by atomic mass is 16.7. The van der Waals surface area contributed by atoms with Gasteiger partial charge in [0.05, 0.1) is 18.8 Å². The van der Waals surface area contributed by atoms with Gasteiger partial charge in [0.15, 0.2) is 0 Å². The molecule has 0 N–H and O–H groups in total. The molecule has 3 heterocycles. The number of fused-ring (bicyclic) bond motifs is 7. The first-order chi connectivity index (χ1) is 17.1. The smallest absolute Gasteiger partial charge is 0.141 e. The fourth-order valence-electron chi connectivity index (χ4n) is 5.44. The normalized spacial score (nSPS) is 23.0. The Bertz CT molecular complexity index is 1430. The highest BCUT2D eigenvalue weighted by Crippen LogP contribution is 2.42. The van der Waals surface area contributed by atoms with Crippen LogP contribution in [0.15, 0.2) is 83.4 Å². The molecule has 2 aliphatic rings. The highest BCUT2D eigenvalue weighted by Gasteiger charge is 2.30. The van der Waals surface area contributed by atoms with E-state index in [2.05, 4.69) is 99.8 Å². The molecule has 0 bridgehead atoms. The van der Waals surface area contributed by atoms with Crippen LogP contribution in [-0.2, 0) is 16.0 Å². The molecular weight excluding hydrogens is 434 g/mol. The zero-order valence-electron chi connectivity index (χ0n) is 20.5. The summed E-state index contributed by atoms with van der Waals surface area (Å²) in [6.45, 7) is 7.02. The topological polar surface area (TPSA) is 34.8 Å². The van der Waals surface area contributed by atoms with Gasteiger partial charge in [-0.25, -0.2) is 5.06 Å². The van der Waals surface area contributed by atoms with Crippen molar-refractivity contribution >= 4 is 27.5 Å². The van der Waals surface area contributed by atoms with Gasteiger partial charge in [-0.2, -0.15) is 0 Å². The van der Waals surface area contributed by atoms with Crippen LogP contribution >= 0.6 is 0 Å². The lowest BCUT2D eigenvalue weighted by Gasteiger charge is -2.34. The number of rotatable bonds is 1. The molecule has 0 aliphatic carbocycles. The Hall–Kier alpha value is -3.34. The molecule has 0 saturated heterocycles. The predicted molar refractivity (Wildman–Crippen MR) is 141 cm³/mol. The van der Waals surface area contributed by atoms with E-state index in [4.69, 9.17) is 14.0 Å². The lowest BCUT2D eigenvalue weighted by molar-refractivity contribution is -0.184. The summed E-state index contributed by atoms with van der Waals surface area (Å²) in [6, 6.07) is 21.2. The van der Waals surface area contributed by atoms with E-state index in [1.165, 1.54) is 16.7 Å². The second-order valence-corrected chi connectivity index (χ2v) is 9.76. The van der Waals surface area contributed by atoms with Crippen LogP contribution < -0.4 is 0 Å². The van der Waals surface area contributed by atoms with E-state index < -0.39 is 0 Å². The molecule has 0 saturated carbocycles.